The van der Waals surface area contributed by atoms with Crippen LogP contribution in [0.5, 0.6) is 11.5 Å². The summed E-state index contributed by atoms with van der Waals surface area (Å²) < 4.78 is 16.5. The van der Waals surface area contributed by atoms with E-state index in [2.05, 4.69) is 5.32 Å². The number of hydrogen-bond donors (Lipinski definition) is 1. The third-order valence-electron chi connectivity index (χ3n) is 4.31. The Morgan fingerprint density at radius 3 is 2.73 bits per heavy atom. The van der Waals surface area contributed by atoms with E-state index in [1.54, 1.807) is 36.4 Å². The molecule has 1 atom stereocenters. The minimum atomic E-state index is -0.226. The van der Waals surface area contributed by atoms with Crippen LogP contribution in [-0.4, -0.2) is 32.3 Å². The lowest BCUT2D eigenvalue weighted by Crippen LogP contribution is -2.16. The molecule has 2 aromatic carbocycles. The highest BCUT2D eigenvalue weighted by Crippen LogP contribution is 2.31. The number of ether oxygens (including phenoxy) is 3. The molecule has 1 aliphatic heterocycles. The van der Waals surface area contributed by atoms with Crippen molar-refractivity contribution in [3.8, 4) is 11.5 Å². The Balaban J connectivity index is 1.63. The molecule has 0 spiro atoms. The highest BCUT2D eigenvalue weighted by Gasteiger charge is 2.16. The van der Waals surface area contributed by atoms with E-state index >= 15 is 0 Å². The normalized spacial score (nSPS) is 16.3. The molecule has 1 N–H and O–H groups in total. The number of rotatable bonds is 6. The van der Waals surface area contributed by atoms with Crippen molar-refractivity contribution in [1.82, 2.24) is 0 Å². The van der Waals surface area contributed by atoms with Crippen molar-refractivity contribution in [1.29, 1.82) is 0 Å². The molecule has 26 heavy (non-hydrogen) atoms. The van der Waals surface area contributed by atoms with Gasteiger partial charge in [0.15, 0.2) is 0 Å². The van der Waals surface area contributed by atoms with Gasteiger partial charge in [-0.3, -0.25) is 4.79 Å². The van der Waals surface area contributed by atoms with Crippen molar-refractivity contribution in [3.63, 3.8) is 0 Å². The summed E-state index contributed by atoms with van der Waals surface area (Å²) in [5.41, 5.74) is 1.97. The van der Waals surface area contributed by atoms with Crippen LogP contribution in [0.2, 0.25) is 5.02 Å². The van der Waals surface area contributed by atoms with Gasteiger partial charge in [0.25, 0.3) is 5.91 Å². The summed E-state index contributed by atoms with van der Waals surface area (Å²) in [5.74, 6) is 1.01. The predicted octanol–water partition coefficient (Wildman–Crippen LogP) is 4.47. The van der Waals surface area contributed by atoms with Crippen molar-refractivity contribution in [2.24, 2.45) is 0 Å². The first kappa shape index (κ1) is 18.5. The number of amides is 1. The average molecular weight is 376 g/mol. The Labute approximate surface area is 158 Å². The highest BCUT2D eigenvalue weighted by atomic mass is 35.5. The van der Waals surface area contributed by atoms with Crippen LogP contribution in [0.1, 0.15) is 28.8 Å². The van der Waals surface area contributed by atoms with Crippen LogP contribution < -0.4 is 14.8 Å². The van der Waals surface area contributed by atoms with Crippen LogP contribution in [-0.2, 0) is 4.74 Å². The summed E-state index contributed by atoms with van der Waals surface area (Å²) in [4.78, 5) is 12.5. The number of carbonyl (C=O) groups is 1. The van der Waals surface area contributed by atoms with E-state index in [-0.39, 0.29) is 12.0 Å². The number of methoxy groups -OCH3 is 1. The molecule has 6 heteroatoms. The Morgan fingerprint density at radius 1 is 1.31 bits per heavy atom. The number of carbonyl (C=O) groups excluding carboxylic acids is 1. The van der Waals surface area contributed by atoms with Gasteiger partial charge < -0.3 is 19.5 Å². The maximum absolute atomic E-state index is 12.5. The third kappa shape index (κ3) is 4.48. The first-order chi connectivity index (χ1) is 12.6. The zero-order valence-electron chi connectivity index (χ0n) is 14.9. The highest BCUT2D eigenvalue weighted by molar-refractivity contribution is 6.31. The van der Waals surface area contributed by atoms with Crippen LogP contribution >= 0.6 is 11.6 Å². The first-order valence-corrected chi connectivity index (χ1v) is 8.94. The lowest BCUT2D eigenvalue weighted by molar-refractivity contribution is 0.0679. The van der Waals surface area contributed by atoms with Crippen LogP contribution in [0.3, 0.4) is 0 Å². The molecule has 1 amide bonds. The molecular weight excluding hydrogens is 354 g/mol. The van der Waals surface area contributed by atoms with Crippen molar-refractivity contribution < 1.29 is 19.0 Å². The van der Waals surface area contributed by atoms with Gasteiger partial charge in [-0.2, -0.15) is 0 Å². The smallest absolute Gasteiger partial charge is 0.255 e. The van der Waals surface area contributed by atoms with Crippen molar-refractivity contribution in [2.45, 2.75) is 25.9 Å². The van der Waals surface area contributed by atoms with Gasteiger partial charge in [0.05, 0.1) is 18.9 Å². The molecule has 0 aromatic heterocycles. The van der Waals surface area contributed by atoms with Gasteiger partial charge in [-0.15, -0.1) is 0 Å². The second-order valence-corrected chi connectivity index (χ2v) is 6.63. The van der Waals surface area contributed by atoms with Gasteiger partial charge in [-0.05, 0) is 55.7 Å². The minimum absolute atomic E-state index is 0.165. The van der Waals surface area contributed by atoms with Gasteiger partial charge in [0.2, 0.25) is 0 Å². The molecule has 0 radical (unpaired) electrons. The van der Waals surface area contributed by atoms with Gasteiger partial charge in [0, 0.05) is 23.3 Å². The molecule has 3 rings (SSSR count). The monoisotopic (exact) mass is 375 g/mol. The van der Waals surface area contributed by atoms with Gasteiger partial charge in [-0.1, -0.05) is 11.6 Å². The van der Waals surface area contributed by atoms with E-state index in [0.717, 1.165) is 30.8 Å². The van der Waals surface area contributed by atoms with E-state index in [0.29, 0.717) is 28.6 Å². The molecule has 0 bridgehead atoms. The lowest BCUT2D eigenvalue weighted by Gasteiger charge is -2.13. The van der Waals surface area contributed by atoms with Crippen LogP contribution in [0.15, 0.2) is 36.4 Å². The molecule has 1 aliphatic rings. The van der Waals surface area contributed by atoms with Crippen molar-refractivity contribution in [2.75, 3.05) is 25.6 Å². The molecule has 1 heterocycles. The minimum Gasteiger partial charge on any atom is -0.495 e. The molecular formula is C20H22ClNO4. The summed E-state index contributed by atoms with van der Waals surface area (Å²) >= 11 is 6.10. The maximum atomic E-state index is 12.5. The summed E-state index contributed by atoms with van der Waals surface area (Å²) in [5, 5.41) is 3.45. The Hall–Kier alpha value is -2.24. The molecule has 1 saturated heterocycles. The molecule has 0 saturated carbocycles. The summed E-state index contributed by atoms with van der Waals surface area (Å²) in [7, 11) is 1.54. The van der Waals surface area contributed by atoms with E-state index in [1.807, 2.05) is 6.92 Å². The lowest BCUT2D eigenvalue weighted by atomic mass is 10.1. The zero-order chi connectivity index (χ0) is 18.5. The number of benzene rings is 2. The summed E-state index contributed by atoms with van der Waals surface area (Å²) in [6.45, 7) is 3.21. The fourth-order valence-electron chi connectivity index (χ4n) is 2.79. The zero-order valence-corrected chi connectivity index (χ0v) is 15.6. The fourth-order valence-corrected chi connectivity index (χ4v) is 2.95. The summed E-state index contributed by atoms with van der Waals surface area (Å²) in [6, 6.07) is 10.5. The van der Waals surface area contributed by atoms with Crippen LogP contribution in [0.4, 0.5) is 5.69 Å². The van der Waals surface area contributed by atoms with Gasteiger partial charge in [0.1, 0.15) is 18.1 Å². The van der Waals surface area contributed by atoms with Gasteiger partial charge in [-0.25, -0.2) is 0 Å². The molecule has 1 fully saturated rings. The molecule has 5 nitrogen and oxygen atoms in total. The summed E-state index contributed by atoms with van der Waals surface area (Å²) in [6.07, 6.45) is 2.28. The third-order valence-corrected chi connectivity index (χ3v) is 4.71. The van der Waals surface area contributed by atoms with Gasteiger partial charge >= 0.3 is 0 Å². The number of nitrogens with one attached hydrogen (secondary N) is 1. The first-order valence-electron chi connectivity index (χ1n) is 8.57. The number of halogens is 1. The van der Waals surface area contributed by atoms with E-state index < -0.39 is 0 Å². The predicted molar refractivity (Wildman–Crippen MR) is 102 cm³/mol. The topological polar surface area (TPSA) is 56.8 Å². The van der Waals surface area contributed by atoms with Crippen molar-refractivity contribution >= 4 is 23.2 Å². The van der Waals surface area contributed by atoms with Crippen LogP contribution in [0, 0.1) is 6.92 Å². The fraction of sp³-hybridized carbons (Fsp3) is 0.350. The molecule has 1 unspecified atom stereocenters. The van der Waals surface area contributed by atoms with E-state index in [1.165, 1.54) is 7.11 Å². The quantitative estimate of drug-likeness (QED) is 0.809. The Morgan fingerprint density at radius 2 is 2.08 bits per heavy atom. The second-order valence-electron chi connectivity index (χ2n) is 6.23. The standard InChI is InChI=1S/C20H22ClNO4/c1-13-10-18(19(24-2)11-17(13)21)22-20(23)14-5-7-15(8-6-14)26-12-16-4-3-9-25-16/h5-8,10-11,16H,3-4,9,12H2,1-2H3,(H,22,23). The second kappa shape index (κ2) is 8.43. The Bertz CT molecular complexity index is 770. The van der Waals surface area contributed by atoms with Crippen molar-refractivity contribution in [3.05, 3.63) is 52.5 Å². The number of aryl methyl sites for hydroxylation is 1. The van der Waals surface area contributed by atoms with E-state index in [4.69, 9.17) is 25.8 Å². The molecule has 0 aliphatic carbocycles. The molecule has 138 valence electrons. The largest absolute Gasteiger partial charge is 0.495 e. The maximum Gasteiger partial charge on any atom is 0.255 e. The average Bonchev–Trinajstić information content (AvgIpc) is 3.17. The van der Waals surface area contributed by atoms with Crippen LogP contribution in [0.25, 0.3) is 0 Å². The Kier molecular flexibility index (Phi) is 6.01. The molecule has 2 aromatic rings. The number of hydrogen-bond acceptors (Lipinski definition) is 4. The van der Waals surface area contributed by atoms with E-state index in [9.17, 15) is 4.79 Å². The SMILES string of the molecule is COc1cc(Cl)c(C)cc1NC(=O)c1ccc(OCC2CCCO2)cc1. The number of anilines is 1.